The molecule has 2 unspecified atom stereocenters. The first kappa shape index (κ1) is 9.87. The van der Waals surface area contributed by atoms with Crippen molar-refractivity contribution in [1.82, 2.24) is 0 Å². The molecule has 0 radical (unpaired) electrons. The summed E-state index contributed by atoms with van der Waals surface area (Å²) < 4.78 is 5.87. The molecule has 3 heteroatoms. The monoisotopic (exact) mass is 231 g/mol. The summed E-state index contributed by atoms with van der Waals surface area (Å²) in [6.07, 6.45) is 0.986. The zero-order chi connectivity index (χ0) is 11.0. The summed E-state index contributed by atoms with van der Waals surface area (Å²) in [6.45, 7) is 0. The predicted molar refractivity (Wildman–Crippen MR) is 65.8 cm³/mol. The van der Waals surface area contributed by atoms with Gasteiger partial charge in [-0.1, -0.05) is 18.2 Å². The van der Waals surface area contributed by atoms with E-state index in [-0.39, 0.29) is 12.1 Å². The van der Waals surface area contributed by atoms with E-state index in [2.05, 4.69) is 22.9 Å². The molecule has 2 atom stereocenters. The number of rotatable bonds is 2. The van der Waals surface area contributed by atoms with Crippen LogP contribution in [0.1, 0.15) is 17.2 Å². The van der Waals surface area contributed by atoms with Crippen molar-refractivity contribution in [1.29, 1.82) is 0 Å². The van der Waals surface area contributed by atoms with Gasteiger partial charge >= 0.3 is 0 Å². The molecule has 3 rings (SSSR count). The Bertz CT molecular complexity index is 455. The highest BCUT2D eigenvalue weighted by Gasteiger charge is 2.28. The maximum absolute atomic E-state index is 6.21. The van der Waals surface area contributed by atoms with Crippen LogP contribution >= 0.6 is 11.3 Å². The molecule has 1 aromatic carbocycles. The highest BCUT2D eigenvalue weighted by Crippen LogP contribution is 2.33. The molecule has 2 heterocycles. The SMILES string of the molecule is NC(c1ccsc1)C1Cc2ccccc2O1. The van der Waals surface area contributed by atoms with Crippen molar-refractivity contribution in [3.05, 3.63) is 52.2 Å². The fourth-order valence-electron chi connectivity index (χ4n) is 2.09. The zero-order valence-corrected chi connectivity index (χ0v) is 9.61. The molecule has 0 bridgehead atoms. The van der Waals surface area contributed by atoms with Gasteiger partial charge in [-0.15, -0.1) is 0 Å². The summed E-state index contributed by atoms with van der Waals surface area (Å²) in [5.74, 6) is 0.984. The van der Waals surface area contributed by atoms with Gasteiger partial charge in [0.1, 0.15) is 11.9 Å². The first-order valence-electron chi connectivity index (χ1n) is 5.37. The molecule has 82 valence electrons. The number of ether oxygens (including phenoxy) is 1. The molecule has 1 aliphatic heterocycles. The summed E-state index contributed by atoms with van der Waals surface area (Å²) in [5.41, 5.74) is 8.64. The lowest BCUT2D eigenvalue weighted by Gasteiger charge is -2.17. The summed E-state index contributed by atoms with van der Waals surface area (Å²) in [5, 5.41) is 4.15. The maximum atomic E-state index is 6.21. The lowest BCUT2D eigenvalue weighted by molar-refractivity contribution is 0.200. The van der Waals surface area contributed by atoms with Gasteiger partial charge in [0.2, 0.25) is 0 Å². The molecule has 0 saturated heterocycles. The minimum Gasteiger partial charge on any atom is -0.488 e. The Kier molecular flexibility index (Phi) is 2.42. The van der Waals surface area contributed by atoms with Crippen LogP contribution < -0.4 is 10.5 Å². The molecule has 2 aromatic rings. The second-order valence-corrected chi connectivity index (χ2v) is 4.83. The van der Waals surface area contributed by atoms with Crippen molar-refractivity contribution in [3.63, 3.8) is 0 Å². The van der Waals surface area contributed by atoms with Gasteiger partial charge in [-0.3, -0.25) is 0 Å². The minimum absolute atomic E-state index is 0.0290. The van der Waals surface area contributed by atoms with Crippen LogP contribution in [0.15, 0.2) is 41.1 Å². The standard InChI is InChI=1S/C13H13NOS/c14-13(10-5-6-16-8-10)12-7-9-3-1-2-4-11(9)15-12/h1-6,8,12-13H,7,14H2. The molecule has 2 nitrogen and oxygen atoms in total. The number of fused-ring (bicyclic) bond motifs is 1. The Hall–Kier alpha value is -1.32. The summed E-state index contributed by atoms with van der Waals surface area (Å²) >= 11 is 1.68. The van der Waals surface area contributed by atoms with Crippen LogP contribution in [0.25, 0.3) is 0 Å². The van der Waals surface area contributed by atoms with E-state index in [1.165, 1.54) is 11.1 Å². The fourth-order valence-corrected chi connectivity index (χ4v) is 2.80. The third kappa shape index (κ3) is 1.62. The van der Waals surface area contributed by atoms with E-state index in [0.29, 0.717) is 0 Å². The molecule has 2 N–H and O–H groups in total. The Morgan fingerprint density at radius 3 is 2.94 bits per heavy atom. The van der Waals surface area contributed by atoms with E-state index in [0.717, 1.165) is 12.2 Å². The van der Waals surface area contributed by atoms with Gasteiger partial charge in [0.05, 0.1) is 6.04 Å². The topological polar surface area (TPSA) is 35.2 Å². The van der Waals surface area contributed by atoms with E-state index >= 15 is 0 Å². The quantitative estimate of drug-likeness (QED) is 0.862. The van der Waals surface area contributed by atoms with Crippen LogP contribution in [-0.4, -0.2) is 6.10 Å². The maximum Gasteiger partial charge on any atom is 0.123 e. The third-order valence-electron chi connectivity index (χ3n) is 3.00. The molecule has 16 heavy (non-hydrogen) atoms. The van der Waals surface area contributed by atoms with Gasteiger partial charge in [-0.2, -0.15) is 11.3 Å². The van der Waals surface area contributed by atoms with E-state index < -0.39 is 0 Å². The normalized spacial score (nSPS) is 20.2. The summed E-state index contributed by atoms with van der Waals surface area (Å²) in [6, 6.07) is 10.2. The van der Waals surface area contributed by atoms with Crippen molar-refractivity contribution in [3.8, 4) is 5.75 Å². The van der Waals surface area contributed by atoms with Crippen molar-refractivity contribution in [2.24, 2.45) is 5.73 Å². The molecule has 1 aliphatic rings. The van der Waals surface area contributed by atoms with Crippen LogP contribution in [0, 0.1) is 0 Å². The molecular weight excluding hydrogens is 218 g/mol. The van der Waals surface area contributed by atoms with Crippen molar-refractivity contribution < 1.29 is 4.74 Å². The highest BCUT2D eigenvalue weighted by molar-refractivity contribution is 7.07. The van der Waals surface area contributed by atoms with Crippen LogP contribution in [0.2, 0.25) is 0 Å². The summed E-state index contributed by atoms with van der Waals surface area (Å²) in [4.78, 5) is 0. The molecule has 0 fully saturated rings. The highest BCUT2D eigenvalue weighted by atomic mass is 32.1. The number of hydrogen-bond donors (Lipinski definition) is 1. The van der Waals surface area contributed by atoms with E-state index in [1.807, 2.05) is 18.2 Å². The zero-order valence-electron chi connectivity index (χ0n) is 8.80. The number of para-hydroxylation sites is 1. The molecule has 0 saturated carbocycles. The van der Waals surface area contributed by atoms with Gasteiger partial charge in [-0.05, 0) is 34.0 Å². The lowest BCUT2D eigenvalue weighted by atomic mass is 10.0. The average molecular weight is 231 g/mol. The Morgan fingerprint density at radius 2 is 2.19 bits per heavy atom. The van der Waals surface area contributed by atoms with Crippen LogP contribution in [-0.2, 0) is 6.42 Å². The van der Waals surface area contributed by atoms with Gasteiger partial charge < -0.3 is 10.5 Å². The second kappa shape index (κ2) is 3.92. The number of thiophene rings is 1. The Labute approximate surface area is 98.7 Å². The first-order valence-corrected chi connectivity index (χ1v) is 6.31. The van der Waals surface area contributed by atoms with E-state index in [4.69, 9.17) is 10.5 Å². The Balaban J connectivity index is 1.81. The average Bonchev–Trinajstić information content (AvgIpc) is 2.97. The number of nitrogens with two attached hydrogens (primary N) is 1. The molecule has 0 spiro atoms. The first-order chi connectivity index (χ1) is 7.84. The third-order valence-corrected chi connectivity index (χ3v) is 3.70. The van der Waals surface area contributed by atoms with Gasteiger partial charge in [0.25, 0.3) is 0 Å². The Morgan fingerprint density at radius 1 is 1.31 bits per heavy atom. The fraction of sp³-hybridized carbons (Fsp3) is 0.231. The number of hydrogen-bond acceptors (Lipinski definition) is 3. The van der Waals surface area contributed by atoms with Crippen molar-refractivity contribution >= 4 is 11.3 Å². The molecule has 0 amide bonds. The summed E-state index contributed by atoms with van der Waals surface area (Å²) in [7, 11) is 0. The van der Waals surface area contributed by atoms with Crippen LogP contribution in [0.3, 0.4) is 0 Å². The second-order valence-electron chi connectivity index (χ2n) is 4.05. The molecule has 0 aliphatic carbocycles. The van der Waals surface area contributed by atoms with E-state index in [1.54, 1.807) is 11.3 Å². The van der Waals surface area contributed by atoms with Crippen LogP contribution in [0.4, 0.5) is 0 Å². The van der Waals surface area contributed by atoms with Gasteiger partial charge in [-0.25, -0.2) is 0 Å². The molecular formula is C13H13NOS. The van der Waals surface area contributed by atoms with Crippen LogP contribution in [0.5, 0.6) is 5.75 Å². The van der Waals surface area contributed by atoms with Gasteiger partial charge in [0.15, 0.2) is 0 Å². The van der Waals surface area contributed by atoms with Gasteiger partial charge in [0, 0.05) is 6.42 Å². The minimum atomic E-state index is -0.0290. The number of benzene rings is 1. The smallest absolute Gasteiger partial charge is 0.123 e. The van der Waals surface area contributed by atoms with E-state index in [9.17, 15) is 0 Å². The van der Waals surface area contributed by atoms with Crippen molar-refractivity contribution in [2.75, 3.05) is 0 Å². The predicted octanol–water partition coefficient (Wildman–Crippen LogP) is 2.75. The molecule has 1 aromatic heterocycles. The largest absolute Gasteiger partial charge is 0.488 e. The van der Waals surface area contributed by atoms with Crippen molar-refractivity contribution in [2.45, 2.75) is 18.6 Å². The lowest BCUT2D eigenvalue weighted by Crippen LogP contribution is -2.29.